The molecule has 2 amide bonds. The summed E-state index contributed by atoms with van der Waals surface area (Å²) < 4.78 is 11.1. The molecule has 1 atom stereocenters. The molecule has 2 aromatic rings. The summed E-state index contributed by atoms with van der Waals surface area (Å²) in [6, 6.07) is 13.6. The van der Waals surface area contributed by atoms with Gasteiger partial charge in [0, 0.05) is 25.6 Å². The van der Waals surface area contributed by atoms with Gasteiger partial charge in [0.2, 0.25) is 5.88 Å². The van der Waals surface area contributed by atoms with E-state index in [-0.39, 0.29) is 12.1 Å². The summed E-state index contributed by atoms with van der Waals surface area (Å²) in [6.45, 7) is 4.29. The molecule has 0 spiro atoms. The number of benzene rings is 1. The van der Waals surface area contributed by atoms with E-state index in [0.29, 0.717) is 37.9 Å². The second-order valence-corrected chi connectivity index (χ2v) is 6.03. The molecule has 132 valence electrons. The van der Waals surface area contributed by atoms with Crippen LogP contribution < -0.4 is 10.1 Å². The Morgan fingerprint density at radius 1 is 1.32 bits per heavy atom. The first-order valence-corrected chi connectivity index (χ1v) is 8.51. The maximum absolute atomic E-state index is 12.2. The van der Waals surface area contributed by atoms with Gasteiger partial charge >= 0.3 is 6.03 Å². The number of nitrogens with zero attached hydrogens (tertiary/aromatic N) is 2. The van der Waals surface area contributed by atoms with Crippen molar-refractivity contribution in [2.24, 2.45) is 0 Å². The van der Waals surface area contributed by atoms with Crippen molar-refractivity contribution in [3.63, 3.8) is 0 Å². The smallest absolute Gasteiger partial charge is 0.322 e. The molecule has 1 aliphatic heterocycles. The molecule has 3 rings (SSSR count). The van der Waals surface area contributed by atoms with Crippen molar-refractivity contribution < 1.29 is 14.3 Å². The number of morpholine rings is 1. The van der Waals surface area contributed by atoms with Crippen molar-refractivity contribution >= 4 is 11.7 Å². The van der Waals surface area contributed by atoms with Crippen LogP contribution >= 0.6 is 0 Å². The number of urea groups is 1. The van der Waals surface area contributed by atoms with Gasteiger partial charge in [0.25, 0.3) is 0 Å². The van der Waals surface area contributed by atoms with Gasteiger partial charge in [0.05, 0.1) is 31.2 Å². The lowest BCUT2D eigenvalue weighted by Gasteiger charge is -2.31. The maximum Gasteiger partial charge on any atom is 0.322 e. The van der Waals surface area contributed by atoms with E-state index in [1.165, 1.54) is 5.56 Å². The average Bonchev–Trinajstić information content (AvgIpc) is 2.64. The Balaban J connectivity index is 1.46. The Morgan fingerprint density at radius 2 is 2.16 bits per heavy atom. The summed E-state index contributed by atoms with van der Waals surface area (Å²) in [5.74, 6) is 0.550. The molecule has 25 heavy (non-hydrogen) atoms. The lowest BCUT2D eigenvalue weighted by Crippen LogP contribution is -2.46. The van der Waals surface area contributed by atoms with Crippen LogP contribution in [0.1, 0.15) is 12.5 Å². The Morgan fingerprint density at radius 3 is 2.88 bits per heavy atom. The number of amides is 2. The number of carbonyl (C=O) groups excluding carboxylic acids is 1. The molecule has 1 aromatic heterocycles. The van der Waals surface area contributed by atoms with Crippen LogP contribution in [0.15, 0.2) is 48.7 Å². The van der Waals surface area contributed by atoms with Crippen LogP contribution in [0.5, 0.6) is 5.88 Å². The minimum atomic E-state index is -0.130. The highest BCUT2D eigenvalue weighted by molar-refractivity contribution is 5.89. The highest BCUT2D eigenvalue weighted by Crippen LogP contribution is 2.14. The Bertz CT molecular complexity index is 676. The summed E-state index contributed by atoms with van der Waals surface area (Å²) >= 11 is 0. The normalized spacial score (nSPS) is 17.2. The maximum atomic E-state index is 12.2. The Hall–Kier alpha value is -2.60. The topological polar surface area (TPSA) is 63.7 Å². The average molecular weight is 341 g/mol. The number of ether oxygens (including phenoxy) is 2. The zero-order chi connectivity index (χ0) is 17.5. The molecule has 0 radical (unpaired) electrons. The van der Waals surface area contributed by atoms with Gasteiger partial charge in [-0.05, 0) is 18.6 Å². The molecule has 1 aromatic carbocycles. The summed E-state index contributed by atoms with van der Waals surface area (Å²) in [7, 11) is 0. The number of carbonyl (C=O) groups is 1. The number of nitrogens with one attached hydrogen (secondary N) is 1. The number of anilines is 1. The van der Waals surface area contributed by atoms with Gasteiger partial charge in [0.1, 0.15) is 0 Å². The van der Waals surface area contributed by atoms with E-state index >= 15 is 0 Å². The van der Waals surface area contributed by atoms with Gasteiger partial charge in [-0.1, -0.05) is 30.3 Å². The lowest BCUT2D eigenvalue weighted by molar-refractivity contribution is -0.00138. The quantitative estimate of drug-likeness (QED) is 0.908. The second kappa shape index (κ2) is 8.48. The predicted octanol–water partition coefficient (Wildman–Crippen LogP) is 2.96. The highest BCUT2D eigenvalue weighted by Gasteiger charge is 2.21. The van der Waals surface area contributed by atoms with E-state index < -0.39 is 0 Å². The van der Waals surface area contributed by atoms with Gasteiger partial charge in [-0.15, -0.1) is 0 Å². The number of pyridine rings is 1. The molecule has 0 saturated carbocycles. The third kappa shape index (κ3) is 5.19. The minimum absolute atomic E-state index is 0.0676. The first-order chi connectivity index (χ1) is 12.2. The van der Waals surface area contributed by atoms with Crippen molar-refractivity contribution in [3.8, 4) is 5.88 Å². The fourth-order valence-electron chi connectivity index (χ4n) is 2.66. The first-order valence-electron chi connectivity index (χ1n) is 8.51. The number of hydrogen-bond acceptors (Lipinski definition) is 4. The van der Waals surface area contributed by atoms with Crippen LogP contribution in [0.3, 0.4) is 0 Å². The third-order valence-corrected chi connectivity index (χ3v) is 4.00. The zero-order valence-corrected chi connectivity index (χ0v) is 14.4. The largest absolute Gasteiger partial charge is 0.477 e. The SMILES string of the molecule is CC1CN(C(=O)Nc2ccc(OCCc3ccccc3)nc2)CCO1. The van der Waals surface area contributed by atoms with Crippen LogP contribution in [0.4, 0.5) is 10.5 Å². The highest BCUT2D eigenvalue weighted by atomic mass is 16.5. The number of aromatic nitrogens is 1. The molecule has 2 heterocycles. The van der Waals surface area contributed by atoms with Gasteiger partial charge in [-0.3, -0.25) is 0 Å². The molecule has 1 saturated heterocycles. The summed E-state index contributed by atoms with van der Waals surface area (Å²) in [4.78, 5) is 18.2. The van der Waals surface area contributed by atoms with Gasteiger partial charge < -0.3 is 19.7 Å². The number of rotatable bonds is 5. The standard InChI is InChI=1S/C19H23N3O3/c1-15-14-22(10-12-24-15)19(23)21-17-7-8-18(20-13-17)25-11-9-16-5-3-2-4-6-16/h2-8,13,15H,9-12,14H2,1H3,(H,21,23). The van der Waals surface area contributed by atoms with Crippen LogP contribution in [-0.2, 0) is 11.2 Å². The van der Waals surface area contributed by atoms with Crippen molar-refractivity contribution in [1.29, 1.82) is 0 Å². The van der Waals surface area contributed by atoms with Crippen LogP contribution in [0, 0.1) is 0 Å². The summed E-state index contributed by atoms with van der Waals surface area (Å²) in [6.07, 6.45) is 2.51. The van der Waals surface area contributed by atoms with Gasteiger partial charge in [-0.25, -0.2) is 9.78 Å². The lowest BCUT2D eigenvalue weighted by atomic mass is 10.2. The zero-order valence-electron chi connectivity index (χ0n) is 14.4. The van der Waals surface area contributed by atoms with E-state index in [9.17, 15) is 4.79 Å². The van der Waals surface area contributed by atoms with Crippen LogP contribution in [0.25, 0.3) is 0 Å². The van der Waals surface area contributed by atoms with Gasteiger partial charge in [0.15, 0.2) is 0 Å². The Labute approximate surface area is 147 Å². The van der Waals surface area contributed by atoms with Crippen molar-refractivity contribution in [2.45, 2.75) is 19.4 Å². The summed E-state index contributed by atoms with van der Waals surface area (Å²) in [5, 5.41) is 2.85. The second-order valence-electron chi connectivity index (χ2n) is 6.03. The minimum Gasteiger partial charge on any atom is -0.477 e. The molecule has 1 aliphatic rings. The Kier molecular flexibility index (Phi) is 5.85. The molecule has 6 heteroatoms. The molecular formula is C19H23N3O3. The van der Waals surface area contributed by atoms with E-state index in [4.69, 9.17) is 9.47 Å². The first kappa shape index (κ1) is 17.2. The van der Waals surface area contributed by atoms with Crippen molar-refractivity contribution in [1.82, 2.24) is 9.88 Å². The third-order valence-electron chi connectivity index (χ3n) is 4.00. The fourth-order valence-corrected chi connectivity index (χ4v) is 2.66. The van der Waals surface area contributed by atoms with E-state index in [1.807, 2.05) is 25.1 Å². The van der Waals surface area contributed by atoms with Crippen molar-refractivity contribution in [3.05, 3.63) is 54.2 Å². The van der Waals surface area contributed by atoms with E-state index in [1.54, 1.807) is 23.2 Å². The summed E-state index contributed by atoms with van der Waals surface area (Å²) in [5.41, 5.74) is 1.88. The molecule has 1 unspecified atom stereocenters. The molecule has 1 N–H and O–H groups in total. The van der Waals surface area contributed by atoms with Crippen molar-refractivity contribution in [2.75, 3.05) is 31.6 Å². The molecule has 6 nitrogen and oxygen atoms in total. The fraction of sp³-hybridized carbons (Fsp3) is 0.368. The molecule has 0 aliphatic carbocycles. The van der Waals surface area contributed by atoms with E-state index in [0.717, 1.165) is 6.42 Å². The predicted molar refractivity (Wildman–Crippen MR) is 95.9 cm³/mol. The number of hydrogen-bond donors (Lipinski definition) is 1. The van der Waals surface area contributed by atoms with Crippen LogP contribution in [-0.4, -0.2) is 48.3 Å². The molecule has 1 fully saturated rings. The molecular weight excluding hydrogens is 318 g/mol. The monoisotopic (exact) mass is 341 g/mol. The van der Waals surface area contributed by atoms with Gasteiger partial charge in [-0.2, -0.15) is 0 Å². The molecule has 0 bridgehead atoms. The van der Waals surface area contributed by atoms with Crippen LogP contribution in [0.2, 0.25) is 0 Å². The van der Waals surface area contributed by atoms with E-state index in [2.05, 4.69) is 22.4 Å².